The third-order valence-corrected chi connectivity index (χ3v) is 5.83. The second-order valence-corrected chi connectivity index (χ2v) is 7.82. The second kappa shape index (κ2) is 9.28. The average molecular weight is 442 g/mol. The number of furan rings is 1. The second-order valence-electron chi connectivity index (χ2n) is 6.45. The molecule has 8 heteroatoms. The van der Waals surface area contributed by atoms with Crippen molar-refractivity contribution in [3.8, 4) is 22.9 Å². The number of benzene rings is 2. The van der Waals surface area contributed by atoms with Crippen LogP contribution in [-0.2, 0) is 12.3 Å². The molecule has 0 amide bonds. The van der Waals surface area contributed by atoms with Gasteiger partial charge in [0.05, 0.1) is 27.0 Å². The van der Waals surface area contributed by atoms with Crippen LogP contribution in [0.1, 0.15) is 11.3 Å². The van der Waals surface area contributed by atoms with E-state index in [0.29, 0.717) is 17.3 Å². The van der Waals surface area contributed by atoms with E-state index in [4.69, 9.17) is 25.5 Å². The first kappa shape index (κ1) is 20.4. The van der Waals surface area contributed by atoms with Gasteiger partial charge in [0.1, 0.15) is 17.3 Å². The van der Waals surface area contributed by atoms with Crippen LogP contribution in [0.25, 0.3) is 11.4 Å². The molecule has 0 aliphatic rings. The quantitative estimate of drug-likeness (QED) is 0.334. The van der Waals surface area contributed by atoms with Gasteiger partial charge in [0, 0.05) is 21.9 Å². The predicted molar refractivity (Wildman–Crippen MR) is 117 cm³/mol. The normalized spacial score (nSPS) is 10.9. The molecule has 4 aromatic rings. The standard InChI is InChI=1S/C22H20ClN3O3S/c1-27-18-9-10-20(28-2)16(12-18)14-30-22-25-24-21(15-5-7-17(23)8-6-15)26(22)13-19-4-3-11-29-19/h3-12H,13-14H2,1-2H3. The molecular formula is C22H20ClN3O3S. The molecular weight excluding hydrogens is 422 g/mol. The molecule has 0 atom stereocenters. The topological polar surface area (TPSA) is 62.3 Å². The number of thioether (sulfide) groups is 1. The maximum Gasteiger partial charge on any atom is 0.192 e. The Balaban J connectivity index is 1.65. The van der Waals surface area contributed by atoms with E-state index in [1.165, 1.54) is 0 Å². The van der Waals surface area contributed by atoms with Crippen molar-refractivity contribution in [2.24, 2.45) is 0 Å². The zero-order valence-corrected chi connectivity index (χ0v) is 18.1. The Morgan fingerprint density at radius 3 is 2.57 bits per heavy atom. The Morgan fingerprint density at radius 1 is 1.03 bits per heavy atom. The van der Waals surface area contributed by atoms with E-state index in [0.717, 1.165) is 39.4 Å². The van der Waals surface area contributed by atoms with Gasteiger partial charge in [-0.25, -0.2) is 0 Å². The molecule has 0 aliphatic carbocycles. The third kappa shape index (κ3) is 4.47. The molecule has 2 aromatic carbocycles. The Kier molecular flexibility index (Phi) is 6.30. The molecule has 154 valence electrons. The Morgan fingerprint density at radius 2 is 1.87 bits per heavy atom. The van der Waals surface area contributed by atoms with Crippen LogP contribution in [0.3, 0.4) is 0 Å². The highest BCUT2D eigenvalue weighted by Crippen LogP contribution is 2.32. The van der Waals surface area contributed by atoms with E-state index in [1.54, 1.807) is 32.2 Å². The molecule has 0 aliphatic heterocycles. The van der Waals surface area contributed by atoms with Crippen molar-refractivity contribution in [3.63, 3.8) is 0 Å². The molecule has 0 saturated carbocycles. The van der Waals surface area contributed by atoms with Crippen LogP contribution in [0.4, 0.5) is 0 Å². The van der Waals surface area contributed by atoms with Gasteiger partial charge >= 0.3 is 0 Å². The van der Waals surface area contributed by atoms with Crippen molar-refractivity contribution in [2.45, 2.75) is 17.5 Å². The van der Waals surface area contributed by atoms with E-state index in [-0.39, 0.29) is 0 Å². The lowest BCUT2D eigenvalue weighted by Gasteiger charge is -2.11. The molecule has 2 aromatic heterocycles. The van der Waals surface area contributed by atoms with Crippen LogP contribution >= 0.6 is 23.4 Å². The summed E-state index contributed by atoms with van der Waals surface area (Å²) >= 11 is 7.62. The average Bonchev–Trinajstić information content (AvgIpc) is 3.43. The zero-order chi connectivity index (χ0) is 20.9. The summed E-state index contributed by atoms with van der Waals surface area (Å²) < 4.78 is 18.4. The minimum atomic E-state index is 0.523. The summed E-state index contributed by atoms with van der Waals surface area (Å²) in [6.45, 7) is 0.523. The molecule has 0 spiro atoms. The number of ether oxygens (including phenoxy) is 2. The fourth-order valence-electron chi connectivity index (χ4n) is 3.05. The molecule has 0 N–H and O–H groups in total. The SMILES string of the molecule is COc1ccc(OC)c(CSc2nnc(-c3ccc(Cl)cc3)n2Cc2ccco2)c1. The molecule has 0 unspecified atom stereocenters. The van der Waals surface area contributed by atoms with E-state index in [9.17, 15) is 0 Å². The van der Waals surface area contributed by atoms with Crippen LogP contribution < -0.4 is 9.47 Å². The first-order valence-electron chi connectivity index (χ1n) is 9.23. The minimum Gasteiger partial charge on any atom is -0.497 e. The number of hydrogen-bond acceptors (Lipinski definition) is 6. The predicted octanol–water partition coefficient (Wildman–Crippen LogP) is 5.55. The molecule has 0 radical (unpaired) electrons. The highest BCUT2D eigenvalue weighted by molar-refractivity contribution is 7.98. The van der Waals surface area contributed by atoms with Crippen LogP contribution in [0, 0.1) is 0 Å². The van der Waals surface area contributed by atoms with Gasteiger partial charge in [-0.15, -0.1) is 10.2 Å². The Bertz CT molecular complexity index is 1110. The van der Waals surface area contributed by atoms with Crippen molar-refractivity contribution in [1.29, 1.82) is 0 Å². The summed E-state index contributed by atoms with van der Waals surface area (Å²) in [4.78, 5) is 0. The lowest BCUT2D eigenvalue weighted by atomic mass is 10.2. The monoisotopic (exact) mass is 441 g/mol. The number of nitrogens with zero attached hydrogens (tertiary/aromatic N) is 3. The lowest BCUT2D eigenvalue weighted by molar-refractivity contribution is 0.400. The van der Waals surface area contributed by atoms with Gasteiger partial charge in [0.25, 0.3) is 0 Å². The van der Waals surface area contributed by atoms with E-state index < -0.39 is 0 Å². The Hall–Kier alpha value is -2.90. The van der Waals surface area contributed by atoms with E-state index >= 15 is 0 Å². The van der Waals surface area contributed by atoms with Crippen molar-refractivity contribution >= 4 is 23.4 Å². The maximum absolute atomic E-state index is 6.05. The minimum absolute atomic E-state index is 0.523. The zero-order valence-electron chi connectivity index (χ0n) is 16.5. The summed E-state index contributed by atoms with van der Waals surface area (Å²) in [6, 6.07) is 17.1. The summed E-state index contributed by atoms with van der Waals surface area (Å²) in [5.41, 5.74) is 1.95. The van der Waals surface area contributed by atoms with Crippen molar-refractivity contribution in [3.05, 3.63) is 77.2 Å². The Labute approximate surface area is 183 Å². The third-order valence-electron chi connectivity index (χ3n) is 4.56. The van der Waals surface area contributed by atoms with Gasteiger partial charge in [-0.1, -0.05) is 23.4 Å². The summed E-state index contributed by atoms with van der Waals surface area (Å²) in [5.74, 6) is 3.81. The molecule has 30 heavy (non-hydrogen) atoms. The molecule has 0 saturated heterocycles. The first-order valence-corrected chi connectivity index (χ1v) is 10.6. The number of halogens is 1. The molecule has 0 fully saturated rings. The number of aromatic nitrogens is 3. The fraction of sp³-hybridized carbons (Fsp3) is 0.182. The molecule has 2 heterocycles. The maximum atomic E-state index is 6.05. The van der Waals surface area contributed by atoms with Crippen LogP contribution in [0.2, 0.25) is 5.02 Å². The highest BCUT2D eigenvalue weighted by atomic mass is 35.5. The number of methoxy groups -OCH3 is 2. The summed E-state index contributed by atoms with van der Waals surface area (Å²) in [5, 5.41) is 10.3. The fourth-order valence-corrected chi connectivity index (χ4v) is 4.09. The molecule has 0 bridgehead atoms. The van der Waals surface area contributed by atoms with Gasteiger partial charge < -0.3 is 13.9 Å². The summed E-state index contributed by atoms with van der Waals surface area (Å²) in [6.07, 6.45) is 1.66. The molecule has 6 nitrogen and oxygen atoms in total. The van der Waals surface area contributed by atoms with Gasteiger partial charge in [0.15, 0.2) is 11.0 Å². The first-order chi connectivity index (χ1) is 14.7. The lowest BCUT2D eigenvalue weighted by Crippen LogP contribution is -2.03. The van der Waals surface area contributed by atoms with E-state index in [2.05, 4.69) is 10.2 Å². The number of hydrogen-bond donors (Lipinski definition) is 0. The van der Waals surface area contributed by atoms with Gasteiger partial charge in [-0.2, -0.15) is 0 Å². The summed E-state index contributed by atoms with van der Waals surface area (Å²) in [7, 11) is 3.31. The van der Waals surface area contributed by atoms with Gasteiger partial charge in [0.2, 0.25) is 0 Å². The highest BCUT2D eigenvalue weighted by Gasteiger charge is 2.17. The van der Waals surface area contributed by atoms with E-state index in [1.807, 2.05) is 59.2 Å². The van der Waals surface area contributed by atoms with Crippen molar-refractivity contribution in [2.75, 3.05) is 14.2 Å². The van der Waals surface area contributed by atoms with Crippen LogP contribution in [-0.4, -0.2) is 29.0 Å². The van der Waals surface area contributed by atoms with Crippen molar-refractivity contribution in [1.82, 2.24) is 14.8 Å². The number of rotatable bonds is 8. The largest absolute Gasteiger partial charge is 0.497 e. The smallest absolute Gasteiger partial charge is 0.192 e. The van der Waals surface area contributed by atoms with Crippen LogP contribution in [0.5, 0.6) is 11.5 Å². The van der Waals surface area contributed by atoms with Crippen LogP contribution in [0.15, 0.2) is 70.4 Å². The van der Waals surface area contributed by atoms with Gasteiger partial charge in [-0.3, -0.25) is 4.57 Å². The van der Waals surface area contributed by atoms with Gasteiger partial charge in [-0.05, 0) is 54.6 Å². The molecule has 4 rings (SSSR count). The van der Waals surface area contributed by atoms with Crippen molar-refractivity contribution < 1.29 is 13.9 Å².